The monoisotopic (exact) mass is 899 g/mol. The maximum atomic E-state index is 13.5. The molecule has 2 fully saturated rings. The maximum absolute atomic E-state index is 13.5. The third-order valence-electron chi connectivity index (χ3n) is 16.6. The van der Waals surface area contributed by atoms with Crippen molar-refractivity contribution in [2.24, 2.45) is 0 Å². The fourth-order valence-electron chi connectivity index (χ4n) is 13.5. The van der Waals surface area contributed by atoms with E-state index < -0.39 is 5.41 Å². The molecule has 0 N–H and O–H groups in total. The second kappa shape index (κ2) is 16.7. The molecule has 2 aliphatic carbocycles. The number of aromatic nitrogens is 2. The molecule has 1 amide bonds. The first-order chi connectivity index (χ1) is 32.4. The summed E-state index contributed by atoms with van der Waals surface area (Å²) in [4.78, 5) is 42.9. The lowest BCUT2D eigenvalue weighted by atomic mass is 9.80. The standard InChI is InChI=1S/C29H32N2O3.C29H34N2O2/c1-29(2)22-12-7-11-21-25(22)31(28(29)33)16-8-15-30-23-17-19(27(32)34-3)13-14-20(23)24(26(21)30)18-9-5-4-6-10-18;1-29(2)18-30-15-8-16-31-24-17-20(28(32)33-3)13-14-21(24)25(19-9-5-4-6-10-19)27(31)22-11-7-12-23(29)26(22)30/h7,11-14,17-18H,4-6,8-10,15-16H2,1-3H3;7,11-14,17,19H,4-6,8-10,15-16,18H2,1-3H3. The van der Waals surface area contributed by atoms with Crippen LogP contribution in [0.4, 0.5) is 11.4 Å². The lowest BCUT2D eigenvalue weighted by molar-refractivity contribution is -0.122. The Hall–Kier alpha value is -5.83. The summed E-state index contributed by atoms with van der Waals surface area (Å²) in [6, 6.07) is 25.6. The molecular weight excluding hydrogens is 833 g/mol. The van der Waals surface area contributed by atoms with Crippen molar-refractivity contribution in [3.8, 4) is 22.5 Å². The molecule has 0 radical (unpaired) electrons. The number of benzene rings is 4. The van der Waals surface area contributed by atoms with Gasteiger partial charge in [0.1, 0.15) is 0 Å². The summed E-state index contributed by atoms with van der Waals surface area (Å²) >= 11 is 0. The topological polar surface area (TPSA) is 86.0 Å². The van der Waals surface area contributed by atoms with Crippen LogP contribution in [0.3, 0.4) is 0 Å². The van der Waals surface area contributed by atoms with Crippen LogP contribution in [0, 0.1) is 0 Å². The molecule has 12 rings (SSSR count). The highest BCUT2D eigenvalue weighted by Gasteiger charge is 2.46. The van der Waals surface area contributed by atoms with Gasteiger partial charge in [-0.25, -0.2) is 9.59 Å². The number of carbonyl (C=O) groups excluding carboxylic acids is 3. The van der Waals surface area contributed by atoms with Crippen LogP contribution >= 0.6 is 0 Å². The Kier molecular flexibility index (Phi) is 10.9. The van der Waals surface area contributed by atoms with Crippen LogP contribution in [-0.2, 0) is 38.2 Å². The molecule has 2 saturated carbocycles. The number of ether oxygens (including phenoxy) is 2. The molecule has 2 aromatic heterocycles. The van der Waals surface area contributed by atoms with Gasteiger partial charge in [-0.05, 0) is 111 Å². The number of anilines is 2. The minimum atomic E-state index is -0.518. The third kappa shape index (κ3) is 6.95. The largest absolute Gasteiger partial charge is 0.465 e. The molecular formula is C58H66N4O5. The number of hydrogen-bond acceptors (Lipinski definition) is 6. The smallest absolute Gasteiger partial charge is 0.337 e. The van der Waals surface area contributed by atoms with Crippen molar-refractivity contribution < 1.29 is 23.9 Å². The number of methoxy groups -OCH3 is 2. The van der Waals surface area contributed by atoms with Crippen LogP contribution in [0.25, 0.3) is 44.3 Å². The van der Waals surface area contributed by atoms with E-state index in [1.54, 1.807) is 0 Å². The summed E-state index contributed by atoms with van der Waals surface area (Å²) in [5.41, 5.74) is 16.4. The normalized spacial score (nSPS) is 19.6. The Bertz CT molecular complexity index is 2970. The van der Waals surface area contributed by atoms with E-state index in [0.29, 0.717) is 29.5 Å². The van der Waals surface area contributed by atoms with Crippen molar-refractivity contribution in [1.82, 2.24) is 9.13 Å². The number of amides is 1. The molecule has 9 heteroatoms. The SMILES string of the molecule is COC(=O)c1ccc2c(C3CCCCC3)c3n(c2c1)CCCN1C(=O)C(C)(C)c2cccc-3c21.COC(=O)c1ccc2c(C3CCCCC3)c3n(c2c1)CCCN1CC(C)(C)c2cccc-3c21. The third-order valence-corrected chi connectivity index (χ3v) is 16.6. The van der Waals surface area contributed by atoms with Crippen molar-refractivity contribution >= 4 is 51.0 Å². The molecule has 9 nitrogen and oxygen atoms in total. The van der Waals surface area contributed by atoms with E-state index in [2.05, 4.69) is 96.3 Å². The van der Waals surface area contributed by atoms with E-state index in [9.17, 15) is 14.4 Å². The van der Waals surface area contributed by atoms with E-state index >= 15 is 0 Å². The average molecular weight is 899 g/mol. The number of fused-ring (bicyclic) bond motifs is 8. The summed E-state index contributed by atoms with van der Waals surface area (Å²) in [5, 5.41) is 2.57. The van der Waals surface area contributed by atoms with Crippen molar-refractivity contribution in [2.45, 2.75) is 141 Å². The molecule has 6 heterocycles. The van der Waals surface area contributed by atoms with Gasteiger partial charge in [-0.15, -0.1) is 0 Å². The minimum Gasteiger partial charge on any atom is -0.465 e. The molecule has 0 bridgehead atoms. The lowest BCUT2D eigenvalue weighted by Crippen LogP contribution is -2.37. The molecule has 348 valence electrons. The van der Waals surface area contributed by atoms with Gasteiger partial charge in [0.05, 0.1) is 47.8 Å². The van der Waals surface area contributed by atoms with Crippen molar-refractivity contribution in [1.29, 1.82) is 0 Å². The number of aryl methyl sites for hydroxylation is 2. The summed E-state index contributed by atoms with van der Waals surface area (Å²) < 4.78 is 15.0. The van der Waals surface area contributed by atoms with Crippen LogP contribution in [0.1, 0.15) is 160 Å². The van der Waals surface area contributed by atoms with Gasteiger partial charge in [-0.3, -0.25) is 4.79 Å². The van der Waals surface area contributed by atoms with E-state index in [4.69, 9.17) is 9.47 Å². The van der Waals surface area contributed by atoms with Gasteiger partial charge in [0.15, 0.2) is 0 Å². The first kappa shape index (κ1) is 43.7. The van der Waals surface area contributed by atoms with Gasteiger partial charge >= 0.3 is 11.9 Å². The predicted octanol–water partition coefficient (Wildman–Crippen LogP) is 12.8. The minimum absolute atomic E-state index is 0.162. The summed E-state index contributed by atoms with van der Waals surface area (Å²) in [6.07, 6.45) is 14.6. The molecule has 0 atom stereocenters. The number of rotatable bonds is 4. The van der Waals surface area contributed by atoms with Crippen molar-refractivity contribution in [2.75, 3.05) is 43.7 Å². The van der Waals surface area contributed by atoms with Crippen LogP contribution in [-0.4, -0.2) is 60.8 Å². The highest BCUT2D eigenvalue weighted by Crippen LogP contribution is 2.54. The zero-order valence-corrected chi connectivity index (χ0v) is 40.4. The van der Waals surface area contributed by atoms with Crippen LogP contribution < -0.4 is 9.80 Å². The van der Waals surface area contributed by atoms with E-state index in [1.165, 1.54) is 134 Å². The predicted molar refractivity (Wildman–Crippen MR) is 269 cm³/mol. The van der Waals surface area contributed by atoms with E-state index in [0.717, 1.165) is 61.4 Å². The van der Waals surface area contributed by atoms with Gasteiger partial charge in [0.25, 0.3) is 0 Å². The van der Waals surface area contributed by atoms with E-state index in [1.807, 2.05) is 23.1 Å². The second-order valence-electron chi connectivity index (χ2n) is 21.4. The first-order valence-corrected chi connectivity index (χ1v) is 25.3. The summed E-state index contributed by atoms with van der Waals surface area (Å²) in [5.74, 6) is 0.712. The Morgan fingerprint density at radius 1 is 0.567 bits per heavy atom. The zero-order valence-electron chi connectivity index (χ0n) is 40.4. The maximum Gasteiger partial charge on any atom is 0.337 e. The Morgan fingerprint density at radius 3 is 1.58 bits per heavy atom. The van der Waals surface area contributed by atoms with Gasteiger partial charge in [-0.2, -0.15) is 0 Å². The highest BCUT2D eigenvalue weighted by atomic mass is 16.5. The zero-order chi connectivity index (χ0) is 46.4. The number of para-hydroxylation sites is 2. The Labute approximate surface area is 395 Å². The van der Waals surface area contributed by atoms with Crippen molar-refractivity contribution in [3.05, 3.63) is 106 Å². The second-order valence-corrected chi connectivity index (χ2v) is 21.4. The quantitative estimate of drug-likeness (QED) is 0.164. The van der Waals surface area contributed by atoms with Gasteiger partial charge in [0.2, 0.25) is 5.91 Å². The molecule has 4 aromatic carbocycles. The van der Waals surface area contributed by atoms with Crippen molar-refractivity contribution in [3.63, 3.8) is 0 Å². The molecule has 0 unspecified atom stereocenters. The molecule has 0 spiro atoms. The average Bonchev–Trinajstić information content (AvgIpc) is 3.99. The summed E-state index contributed by atoms with van der Waals surface area (Å²) in [7, 11) is 2.90. The number of esters is 2. The molecule has 6 aromatic rings. The Morgan fingerprint density at radius 2 is 1.06 bits per heavy atom. The molecule has 6 aliphatic rings. The number of carbonyl (C=O) groups is 3. The number of nitrogens with zero attached hydrogens (tertiary/aromatic N) is 4. The van der Waals surface area contributed by atoms with E-state index in [-0.39, 0.29) is 23.3 Å². The van der Waals surface area contributed by atoms with Gasteiger partial charge in [0, 0.05) is 76.8 Å². The highest BCUT2D eigenvalue weighted by molar-refractivity contribution is 6.12. The Balaban J connectivity index is 0.000000148. The fraction of sp³-hybridized carbons (Fsp3) is 0.466. The van der Waals surface area contributed by atoms with Crippen LogP contribution in [0.15, 0.2) is 72.8 Å². The van der Waals surface area contributed by atoms with Crippen LogP contribution in [0.5, 0.6) is 0 Å². The fourth-order valence-corrected chi connectivity index (χ4v) is 13.5. The molecule has 4 aliphatic heterocycles. The molecule has 67 heavy (non-hydrogen) atoms. The summed E-state index contributed by atoms with van der Waals surface area (Å²) in [6.45, 7) is 13.5. The number of hydrogen-bond donors (Lipinski definition) is 0. The van der Waals surface area contributed by atoms with Gasteiger partial charge in [-0.1, -0.05) is 101 Å². The lowest BCUT2D eigenvalue weighted by Gasteiger charge is -2.29. The van der Waals surface area contributed by atoms with Crippen LogP contribution in [0.2, 0.25) is 0 Å². The van der Waals surface area contributed by atoms with Gasteiger partial charge < -0.3 is 28.4 Å². The first-order valence-electron chi connectivity index (χ1n) is 25.3. The molecule has 0 saturated heterocycles.